The number of aromatic hydroxyl groups is 1. The molecule has 0 aliphatic carbocycles. The molecule has 2 heterocycles. The van der Waals surface area contributed by atoms with Gasteiger partial charge in [-0.15, -0.1) is 0 Å². The molecule has 5 aromatic rings. The van der Waals surface area contributed by atoms with Crippen LogP contribution in [-0.4, -0.2) is 20.1 Å². The molecule has 5 rings (SSSR count). The lowest BCUT2D eigenvalue weighted by Gasteiger charge is -2.21. The maximum absolute atomic E-state index is 10.7. The molecule has 0 aliphatic rings. The maximum atomic E-state index is 10.7. The predicted octanol–water partition coefficient (Wildman–Crippen LogP) is 8.64. The van der Waals surface area contributed by atoms with Gasteiger partial charge in [0.1, 0.15) is 10.8 Å². The van der Waals surface area contributed by atoms with Crippen molar-refractivity contribution in [2.75, 3.05) is 0 Å². The second-order valence-corrected chi connectivity index (χ2v) is 11.6. The van der Waals surface area contributed by atoms with Crippen LogP contribution in [0.3, 0.4) is 0 Å². The lowest BCUT2D eigenvalue weighted by molar-refractivity contribution is 0.477. The smallest absolute Gasteiger partial charge is 0.160 e. The highest BCUT2D eigenvalue weighted by atomic mass is 32.2. The van der Waals surface area contributed by atoms with Crippen LogP contribution in [0.2, 0.25) is 0 Å². The molecule has 3 aromatic carbocycles. The Hall–Kier alpha value is -3.96. The van der Waals surface area contributed by atoms with Gasteiger partial charge in [0.15, 0.2) is 5.82 Å². The van der Waals surface area contributed by atoms with Crippen molar-refractivity contribution in [3.05, 3.63) is 108 Å². The molecule has 0 radical (unpaired) electrons. The van der Waals surface area contributed by atoms with Crippen LogP contribution in [0.25, 0.3) is 33.9 Å². The first-order chi connectivity index (χ1) is 18.2. The normalized spacial score (nSPS) is 11.5. The molecule has 38 heavy (non-hydrogen) atoms. The number of pyridine rings is 1. The molecule has 0 fully saturated rings. The number of hydrogen-bond donors (Lipinski definition) is 1. The summed E-state index contributed by atoms with van der Waals surface area (Å²) in [5, 5.41) is 11.6. The van der Waals surface area contributed by atoms with E-state index in [0.29, 0.717) is 17.1 Å². The molecular weight excluding hydrogens is 486 g/mol. The Bertz CT molecular complexity index is 1590. The zero-order chi connectivity index (χ0) is 26.9. The van der Waals surface area contributed by atoms with Crippen molar-refractivity contribution >= 4 is 11.8 Å². The second-order valence-electron chi connectivity index (χ2n) is 10.5. The summed E-state index contributed by atoms with van der Waals surface area (Å²) in [6, 6.07) is 28.0. The van der Waals surface area contributed by atoms with Gasteiger partial charge in [-0.25, -0.2) is 15.0 Å². The molecule has 0 saturated carbocycles. The molecule has 4 nitrogen and oxygen atoms in total. The molecular formula is C33H31N3OS. The van der Waals surface area contributed by atoms with Crippen molar-refractivity contribution in [3.63, 3.8) is 0 Å². The largest absolute Gasteiger partial charge is 0.507 e. The van der Waals surface area contributed by atoms with E-state index in [0.717, 1.165) is 37.9 Å². The molecule has 0 bridgehead atoms. The average Bonchev–Trinajstić information content (AvgIpc) is 2.89. The second kappa shape index (κ2) is 10.4. The third-order valence-corrected chi connectivity index (χ3v) is 7.46. The standard InChI is InChI=1S/C33H31N3OS/c1-21-11-10-12-22(2)31(21)28-20-27(26-13-6-7-14-29(26)37)35-32(36-28)23-17-24(33(3,4)5)19-25(18-23)38-30-15-8-9-16-34-30/h6-20,37H,1-5H3. The van der Waals surface area contributed by atoms with Crippen LogP contribution < -0.4 is 0 Å². The molecule has 0 amide bonds. The summed E-state index contributed by atoms with van der Waals surface area (Å²) < 4.78 is 0. The van der Waals surface area contributed by atoms with E-state index in [4.69, 9.17) is 9.97 Å². The van der Waals surface area contributed by atoms with Gasteiger partial charge >= 0.3 is 0 Å². The Morgan fingerprint density at radius 3 is 2.13 bits per heavy atom. The zero-order valence-electron chi connectivity index (χ0n) is 22.4. The van der Waals surface area contributed by atoms with Crippen LogP contribution in [0, 0.1) is 13.8 Å². The maximum Gasteiger partial charge on any atom is 0.160 e. The number of aryl methyl sites for hydroxylation is 2. The molecule has 1 N–H and O–H groups in total. The molecule has 0 unspecified atom stereocenters. The fraction of sp³-hybridized carbons (Fsp3) is 0.182. The minimum absolute atomic E-state index is 0.0693. The lowest BCUT2D eigenvalue weighted by Crippen LogP contribution is -2.11. The Morgan fingerprint density at radius 2 is 1.45 bits per heavy atom. The molecule has 0 spiro atoms. The van der Waals surface area contributed by atoms with Crippen molar-refractivity contribution in [1.82, 2.24) is 15.0 Å². The van der Waals surface area contributed by atoms with Gasteiger partial charge in [0, 0.05) is 27.8 Å². The van der Waals surface area contributed by atoms with Crippen LogP contribution in [0.1, 0.15) is 37.5 Å². The number of phenolic OH excluding ortho intramolecular Hbond substituents is 1. The van der Waals surface area contributed by atoms with Gasteiger partial charge in [-0.2, -0.15) is 0 Å². The van der Waals surface area contributed by atoms with Crippen molar-refractivity contribution < 1.29 is 5.11 Å². The van der Waals surface area contributed by atoms with E-state index in [9.17, 15) is 5.11 Å². The van der Waals surface area contributed by atoms with Gasteiger partial charge in [-0.1, -0.05) is 68.9 Å². The number of phenols is 1. The summed E-state index contributed by atoms with van der Waals surface area (Å²) in [4.78, 5) is 15.7. The van der Waals surface area contributed by atoms with Gasteiger partial charge < -0.3 is 5.11 Å². The van der Waals surface area contributed by atoms with Gasteiger partial charge in [0.25, 0.3) is 0 Å². The number of para-hydroxylation sites is 1. The van der Waals surface area contributed by atoms with E-state index in [-0.39, 0.29) is 11.2 Å². The van der Waals surface area contributed by atoms with Gasteiger partial charge in [-0.05, 0) is 84.5 Å². The van der Waals surface area contributed by atoms with E-state index in [1.54, 1.807) is 17.8 Å². The minimum Gasteiger partial charge on any atom is -0.507 e. The number of nitrogens with zero attached hydrogens (tertiary/aromatic N) is 3. The monoisotopic (exact) mass is 517 g/mol. The summed E-state index contributed by atoms with van der Waals surface area (Å²) in [5.74, 6) is 0.817. The van der Waals surface area contributed by atoms with Crippen LogP contribution >= 0.6 is 11.8 Å². The Labute approximate surface area is 228 Å². The quantitative estimate of drug-likeness (QED) is 0.253. The van der Waals surface area contributed by atoms with Gasteiger partial charge in [0.05, 0.1) is 11.4 Å². The predicted molar refractivity (Wildman–Crippen MR) is 157 cm³/mol. The molecule has 2 aromatic heterocycles. The summed E-state index contributed by atoms with van der Waals surface area (Å²) in [6.45, 7) is 10.8. The summed E-state index contributed by atoms with van der Waals surface area (Å²) in [6.07, 6.45) is 1.81. The third-order valence-electron chi connectivity index (χ3n) is 6.53. The summed E-state index contributed by atoms with van der Waals surface area (Å²) >= 11 is 1.63. The average molecular weight is 518 g/mol. The van der Waals surface area contributed by atoms with Crippen molar-refractivity contribution in [2.24, 2.45) is 0 Å². The number of aromatic nitrogens is 3. The first kappa shape index (κ1) is 25.7. The lowest BCUT2D eigenvalue weighted by atomic mass is 9.86. The molecule has 190 valence electrons. The van der Waals surface area contributed by atoms with Gasteiger partial charge in [0.2, 0.25) is 0 Å². The summed E-state index contributed by atoms with van der Waals surface area (Å²) in [5.41, 5.74) is 7.64. The Balaban J connectivity index is 1.74. The van der Waals surface area contributed by atoms with E-state index < -0.39 is 0 Å². The van der Waals surface area contributed by atoms with Crippen molar-refractivity contribution in [3.8, 4) is 39.7 Å². The first-order valence-corrected chi connectivity index (χ1v) is 13.5. The highest BCUT2D eigenvalue weighted by Crippen LogP contribution is 2.37. The number of rotatable bonds is 5. The molecule has 0 aliphatic heterocycles. The Kier molecular flexibility index (Phi) is 7.04. The third kappa shape index (κ3) is 5.48. The van der Waals surface area contributed by atoms with E-state index in [1.165, 1.54) is 5.56 Å². The molecule has 0 saturated heterocycles. The SMILES string of the molecule is Cc1cccc(C)c1-c1cc(-c2ccccc2O)nc(-c2cc(Sc3ccccn3)cc(C(C)(C)C)c2)n1. The van der Waals surface area contributed by atoms with Crippen molar-refractivity contribution in [2.45, 2.75) is 50.0 Å². The van der Waals surface area contributed by atoms with Crippen LogP contribution in [0.15, 0.2) is 101 Å². The number of benzene rings is 3. The molecule has 5 heteroatoms. The first-order valence-electron chi connectivity index (χ1n) is 12.7. The fourth-order valence-corrected chi connectivity index (χ4v) is 5.37. The molecule has 0 atom stereocenters. The van der Waals surface area contributed by atoms with Crippen molar-refractivity contribution in [1.29, 1.82) is 0 Å². The van der Waals surface area contributed by atoms with Crippen LogP contribution in [0.5, 0.6) is 5.75 Å². The van der Waals surface area contributed by atoms with E-state index in [1.807, 2.05) is 48.7 Å². The highest BCUT2D eigenvalue weighted by Gasteiger charge is 2.20. The zero-order valence-corrected chi connectivity index (χ0v) is 23.2. The topological polar surface area (TPSA) is 58.9 Å². The minimum atomic E-state index is -0.0693. The van der Waals surface area contributed by atoms with Gasteiger partial charge in [-0.3, -0.25) is 0 Å². The van der Waals surface area contributed by atoms with E-state index >= 15 is 0 Å². The fourth-order valence-electron chi connectivity index (χ4n) is 4.50. The highest BCUT2D eigenvalue weighted by molar-refractivity contribution is 7.99. The number of hydrogen-bond acceptors (Lipinski definition) is 5. The van der Waals surface area contributed by atoms with Crippen LogP contribution in [0.4, 0.5) is 0 Å². The summed E-state index contributed by atoms with van der Waals surface area (Å²) in [7, 11) is 0. The van der Waals surface area contributed by atoms with E-state index in [2.05, 4.69) is 76.0 Å². The Morgan fingerprint density at radius 1 is 0.737 bits per heavy atom. The van der Waals surface area contributed by atoms with Crippen LogP contribution in [-0.2, 0) is 5.41 Å².